The van der Waals surface area contributed by atoms with Crippen LogP contribution >= 0.6 is 24.8 Å². The van der Waals surface area contributed by atoms with Crippen LogP contribution in [0.5, 0.6) is 5.75 Å². The first kappa shape index (κ1) is 23.1. The van der Waals surface area contributed by atoms with Crippen LogP contribution < -0.4 is 20.7 Å². The molecule has 2 atom stereocenters. The van der Waals surface area contributed by atoms with Crippen LogP contribution in [0.4, 0.5) is 5.69 Å². The Labute approximate surface area is 173 Å². The van der Waals surface area contributed by atoms with Gasteiger partial charge in [-0.3, -0.25) is 4.79 Å². The zero-order chi connectivity index (χ0) is 17.6. The number of amides is 1. The average Bonchev–Trinajstić information content (AvgIpc) is 3.10. The lowest BCUT2D eigenvalue weighted by Crippen LogP contribution is -2.38. The van der Waals surface area contributed by atoms with Crippen molar-refractivity contribution in [1.82, 2.24) is 5.32 Å². The zero-order valence-electron chi connectivity index (χ0n) is 15.3. The van der Waals surface area contributed by atoms with Gasteiger partial charge >= 0.3 is 0 Å². The highest BCUT2D eigenvalue weighted by Gasteiger charge is 2.26. The van der Waals surface area contributed by atoms with E-state index in [1.165, 1.54) is 0 Å². The average molecular weight is 412 g/mol. The van der Waals surface area contributed by atoms with E-state index in [0.29, 0.717) is 6.42 Å². The molecule has 2 aromatic carbocycles. The summed E-state index contributed by atoms with van der Waals surface area (Å²) in [5, 5.41) is 3.12. The van der Waals surface area contributed by atoms with E-state index in [-0.39, 0.29) is 42.8 Å². The first-order valence-corrected chi connectivity index (χ1v) is 8.65. The minimum absolute atomic E-state index is 0. The summed E-state index contributed by atoms with van der Waals surface area (Å²) in [7, 11) is 1.68. The predicted molar refractivity (Wildman–Crippen MR) is 114 cm³/mol. The number of para-hydroxylation sites is 2. The molecule has 1 amide bonds. The molecule has 1 saturated heterocycles. The van der Waals surface area contributed by atoms with Gasteiger partial charge in [-0.05, 0) is 24.1 Å². The van der Waals surface area contributed by atoms with Crippen LogP contribution in [0.2, 0.25) is 0 Å². The van der Waals surface area contributed by atoms with Crippen molar-refractivity contribution in [2.24, 2.45) is 5.73 Å². The van der Waals surface area contributed by atoms with E-state index in [1.54, 1.807) is 7.11 Å². The SMILES string of the molecule is COc1ccccc1N1CCC(NC(=O)CC(N)c2ccccc2)C1.Cl.Cl. The molecule has 0 aromatic heterocycles. The number of nitrogens with two attached hydrogens (primary N) is 1. The van der Waals surface area contributed by atoms with Crippen LogP contribution in [0, 0.1) is 0 Å². The van der Waals surface area contributed by atoms with Crippen LogP contribution in [0.1, 0.15) is 24.4 Å². The minimum atomic E-state index is -0.270. The minimum Gasteiger partial charge on any atom is -0.495 e. The molecule has 0 aliphatic carbocycles. The third kappa shape index (κ3) is 6.03. The van der Waals surface area contributed by atoms with E-state index in [0.717, 1.165) is 36.5 Å². The number of hydrogen-bond donors (Lipinski definition) is 2. The number of ether oxygens (including phenoxy) is 1. The molecule has 148 valence electrons. The summed E-state index contributed by atoms with van der Waals surface area (Å²) >= 11 is 0. The molecule has 5 nitrogen and oxygen atoms in total. The van der Waals surface area contributed by atoms with Crippen molar-refractivity contribution in [3.8, 4) is 5.75 Å². The topological polar surface area (TPSA) is 67.6 Å². The van der Waals surface area contributed by atoms with E-state index in [1.807, 2.05) is 54.6 Å². The van der Waals surface area contributed by atoms with Gasteiger partial charge in [-0.15, -0.1) is 24.8 Å². The number of rotatable bonds is 6. The number of nitrogens with one attached hydrogen (secondary N) is 1. The third-order valence-corrected chi connectivity index (χ3v) is 4.61. The van der Waals surface area contributed by atoms with Crippen LogP contribution in [0.15, 0.2) is 54.6 Å². The van der Waals surface area contributed by atoms with Crippen LogP contribution in [0.25, 0.3) is 0 Å². The predicted octanol–water partition coefficient (Wildman–Crippen LogP) is 3.32. The van der Waals surface area contributed by atoms with Gasteiger partial charge in [-0.1, -0.05) is 42.5 Å². The molecule has 1 heterocycles. The summed E-state index contributed by atoms with van der Waals surface area (Å²) in [6, 6.07) is 17.6. The number of nitrogens with zero attached hydrogens (tertiary/aromatic N) is 1. The van der Waals surface area contributed by atoms with Crippen molar-refractivity contribution < 1.29 is 9.53 Å². The van der Waals surface area contributed by atoms with Crippen molar-refractivity contribution in [2.75, 3.05) is 25.1 Å². The molecule has 0 saturated carbocycles. The maximum absolute atomic E-state index is 12.3. The normalized spacial score (nSPS) is 16.7. The van der Waals surface area contributed by atoms with E-state index >= 15 is 0 Å². The second kappa shape index (κ2) is 11.0. The largest absolute Gasteiger partial charge is 0.495 e. The molecule has 0 bridgehead atoms. The zero-order valence-corrected chi connectivity index (χ0v) is 17.0. The fourth-order valence-electron chi connectivity index (χ4n) is 3.29. The smallest absolute Gasteiger partial charge is 0.222 e. The Morgan fingerprint density at radius 3 is 2.56 bits per heavy atom. The number of carbonyl (C=O) groups is 1. The summed E-state index contributed by atoms with van der Waals surface area (Å²) in [6.45, 7) is 1.68. The number of methoxy groups -OCH3 is 1. The molecule has 27 heavy (non-hydrogen) atoms. The van der Waals surface area contributed by atoms with E-state index < -0.39 is 0 Å². The fourth-order valence-corrected chi connectivity index (χ4v) is 3.29. The Balaban J connectivity index is 0.00000182. The molecular formula is C20H27Cl2N3O2. The Bertz CT molecular complexity index is 715. The van der Waals surface area contributed by atoms with Gasteiger partial charge in [0.2, 0.25) is 5.91 Å². The van der Waals surface area contributed by atoms with Gasteiger partial charge in [-0.25, -0.2) is 0 Å². The van der Waals surface area contributed by atoms with Crippen molar-refractivity contribution in [2.45, 2.75) is 24.9 Å². The lowest BCUT2D eigenvalue weighted by atomic mass is 10.0. The Kier molecular flexibility index (Phi) is 9.43. The van der Waals surface area contributed by atoms with E-state index in [9.17, 15) is 4.79 Å². The van der Waals surface area contributed by atoms with E-state index in [2.05, 4.69) is 10.2 Å². The molecule has 1 fully saturated rings. The first-order chi connectivity index (χ1) is 12.2. The molecule has 2 aromatic rings. The highest BCUT2D eigenvalue weighted by molar-refractivity contribution is 5.85. The summed E-state index contributed by atoms with van der Waals surface area (Å²) in [4.78, 5) is 14.6. The maximum Gasteiger partial charge on any atom is 0.222 e. The number of carbonyl (C=O) groups excluding carboxylic acids is 1. The van der Waals surface area contributed by atoms with Crippen LogP contribution in [-0.4, -0.2) is 32.1 Å². The molecule has 2 unspecified atom stereocenters. The lowest BCUT2D eigenvalue weighted by molar-refractivity contribution is -0.122. The molecule has 3 rings (SSSR count). The highest BCUT2D eigenvalue weighted by atomic mass is 35.5. The van der Waals surface area contributed by atoms with Crippen LogP contribution in [0.3, 0.4) is 0 Å². The Morgan fingerprint density at radius 2 is 1.85 bits per heavy atom. The van der Waals surface area contributed by atoms with Crippen LogP contribution in [-0.2, 0) is 4.79 Å². The number of hydrogen-bond acceptors (Lipinski definition) is 4. The summed E-state index contributed by atoms with van der Waals surface area (Å²) in [6.07, 6.45) is 1.22. The second-order valence-electron chi connectivity index (χ2n) is 6.39. The molecule has 1 aliphatic heterocycles. The maximum atomic E-state index is 12.3. The van der Waals surface area contributed by atoms with Crippen molar-refractivity contribution >= 4 is 36.4 Å². The Hall–Kier alpha value is -1.95. The van der Waals surface area contributed by atoms with Gasteiger partial charge in [0.1, 0.15) is 5.75 Å². The van der Waals surface area contributed by atoms with Crippen molar-refractivity contribution in [1.29, 1.82) is 0 Å². The summed E-state index contributed by atoms with van der Waals surface area (Å²) in [5.74, 6) is 0.865. The molecule has 3 N–H and O–H groups in total. The molecular weight excluding hydrogens is 385 g/mol. The quantitative estimate of drug-likeness (QED) is 0.764. The standard InChI is InChI=1S/C20H25N3O2.2ClH/c1-25-19-10-6-5-9-18(19)23-12-11-16(14-23)22-20(24)13-17(21)15-7-3-2-4-8-15;;/h2-10,16-17H,11-14,21H2,1H3,(H,22,24);2*1H. The number of halogens is 2. The third-order valence-electron chi connectivity index (χ3n) is 4.61. The van der Waals surface area contributed by atoms with Gasteiger partial charge in [0, 0.05) is 31.6 Å². The van der Waals surface area contributed by atoms with Gasteiger partial charge in [0.05, 0.1) is 12.8 Å². The monoisotopic (exact) mass is 411 g/mol. The molecule has 1 aliphatic rings. The number of anilines is 1. The van der Waals surface area contributed by atoms with Crippen molar-refractivity contribution in [3.05, 3.63) is 60.2 Å². The number of benzene rings is 2. The Morgan fingerprint density at radius 1 is 1.19 bits per heavy atom. The van der Waals surface area contributed by atoms with Crippen molar-refractivity contribution in [3.63, 3.8) is 0 Å². The lowest BCUT2D eigenvalue weighted by Gasteiger charge is -2.21. The van der Waals surface area contributed by atoms with Gasteiger partial charge in [0.25, 0.3) is 0 Å². The first-order valence-electron chi connectivity index (χ1n) is 8.65. The fraction of sp³-hybridized carbons (Fsp3) is 0.350. The van der Waals surface area contributed by atoms with Gasteiger partial charge in [-0.2, -0.15) is 0 Å². The summed E-state index contributed by atoms with van der Waals surface area (Å²) in [5.41, 5.74) is 8.20. The second-order valence-corrected chi connectivity index (χ2v) is 6.39. The van der Waals surface area contributed by atoms with Gasteiger partial charge < -0.3 is 20.7 Å². The summed E-state index contributed by atoms with van der Waals surface area (Å²) < 4.78 is 5.43. The molecule has 0 radical (unpaired) electrons. The highest BCUT2D eigenvalue weighted by Crippen LogP contribution is 2.30. The molecule has 7 heteroatoms. The van der Waals surface area contributed by atoms with Gasteiger partial charge in [0.15, 0.2) is 0 Å². The molecule has 0 spiro atoms. The van der Waals surface area contributed by atoms with E-state index in [4.69, 9.17) is 10.5 Å².